The van der Waals surface area contributed by atoms with E-state index in [1.54, 1.807) is 12.1 Å². The lowest BCUT2D eigenvalue weighted by atomic mass is 10.1. The zero-order chi connectivity index (χ0) is 17.0. The second kappa shape index (κ2) is 7.81. The van der Waals surface area contributed by atoms with Crippen LogP contribution in [-0.4, -0.2) is 14.2 Å². The summed E-state index contributed by atoms with van der Waals surface area (Å²) in [7, 11) is 0. The van der Waals surface area contributed by atoms with Gasteiger partial charge in [0, 0.05) is 11.3 Å². The Labute approximate surface area is 161 Å². The lowest BCUT2D eigenvalue weighted by Gasteiger charge is -2.29. The molecule has 0 radical (unpaired) electrons. The Morgan fingerprint density at radius 2 is 1.70 bits per heavy atom. The first kappa shape index (κ1) is 18.5. The van der Waals surface area contributed by atoms with Gasteiger partial charge in [0.2, 0.25) is 0 Å². The molecule has 0 spiro atoms. The second-order valence-electron chi connectivity index (χ2n) is 5.28. The maximum atomic E-state index is 12.4. The highest BCUT2D eigenvalue weighted by atomic mass is 80.0. The summed E-state index contributed by atoms with van der Waals surface area (Å²) in [4.78, 5) is 12.4. The number of aryl methyl sites for hydroxylation is 2. The highest BCUT2D eigenvalue weighted by molar-refractivity contribution is 9.39. The van der Waals surface area contributed by atoms with E-state index in [1.807, 2.05) is 38.1 Å². The van der Waals surface area contributed by atoms with E-state index in [0.29, 0.717) is 5.56 Å². The van der Waals surface area contributed by atoms with Crippen molar-refractivity contribution < 1.29 is 4.79 Å². The highest BCUT2D eigenvalue weighted by Crippen LogP contribution is 2.38. The van der Waals surface area contributed by atoms with Crippen molar-refractivity contribution >= 4 is 59.4 Å². The molecule has 3 nitrogen and oxygen atoms in total. The number of carbonyl (C=O) groups excluding carboxylic acids is 1. The standard InChI is InChI=1S/C17H17Br3N2O/c1-11-8-9-12(2)14(10-11)21-16(17(18,19)20)22-15(23)13-6-4-3-5-7-13/h3-10,16,21H,1-2H3,(H,22,23)/t16-/m0/s1. The van der Waals surface area contributed by atoms with Crippen LogP contribution < -0.4 is 10.6 Å². The number of hydrogen-bond donors (Lipinski definition) is 2. The fourth-order valence-corrected chi connectivity index (χ4v) is 2.74. The molecule has 0 aliphatic carbocycles. The molecule has 0 fully saturated rings. The normalized spacial score (nSPS) is 12.6. The topological polar surface area (TPSA) is 41.1 Å². The Balaban J connectivity index is 2.21. The smallest absolute Gasteiger partial charge is 0.252 e. The van der Waals surface area contributed by atoms with Gasteiger partial charge < -0.3 is 10.6 Å². The zero-order valence-electron chi connectivity index (χ0n) is 12.7. The summed E-state index contributed by atoms with van der Waals surface area (Å²) in [5.41, 5.74) is 3.82. The monoisotopic (exact) mass is 502 g/mol. The third kappa shape index (κ3) is 5.33. The lowest BCUT2D eigenvalue weighted by molar-refractivity contribution is 0.0943. The molecule has 0 aromatic heterocycles. The van der Waals surface area contributed by atoms with E-state index in [9.17, 15) is 4.79 Å². The Morgan fingerprint density at radius 1 is 1.04 bits per heavy atom. The first-order chi connectivity index (χ1) is 10.8. The molecule has 23 heavy (non-hydrogen) atoms. The quantitative estimate of drug-likeness (QED) is 0.437. The van der Waals surface area contributed by atoms with Crippen molar-refractivity contribution in [3.8, 4) is 0 Å². The summed E-state index contributed by atoms with van der Waals surface area (Å²) >= 11 is 10.5. The summed E-state index contributed by atoms with van der Waals surface area (Å²) in [6.45, 7) is 4.06. The summed E-state index contributed by atoms with van der Waals surface area (Å²) < 4.78 is -0.687. The second-order valence-corrected chi connectivity index (χ2v) is 12.2. The number of halogens is 3. The third-order valence-electron chi connectivity index (χ3n) is 3.33. The van der Waals surface area contributed by atoms with Crippen LogP contribution in [0, 0.1) is 13.8 Å². The van der Waals surface area contributed by atoms with Crippen LogP contribution in [0.4, 0.5) is 5.69 Å². The van der Waals surface area contributed by atoms with Gasteiger partial charge in [0.15, 0.2) is 2.14 Å². The van der Waals surface area contributed by atoms with Crippen molar-refractivity contribution in [2.24, 2.45) is 0 Å². The van der Waals surface area contributed by atoms with Crippen LogP contribution in [-0.2, 0) is 0 Å². The molecule has 0 saturated heterocycles. The first-order valence-corrected chi connectivity index (χ1v) is 9.41. The van der Waals surface area contributed by atoms with Gasteiger partial charge in [-0.3, -0.25) is 4.79 Å². The van der Waals surface area contributed by atoms with Crippen molar-refractivity contribution in [2.75, 3.05) is 5.32 Å². The van der Waals surface area contributed by atoms with Crippen molar-refractivity contribution in [3.05, 3.63) is 65.2 Å². The molecule has 0 aliphatic heterocycles. The molecule has 122 valence electrons. The van der Waals surface area contributed by atoms with E-state index in [0.717, 1.165) is 16.8 Å². The van der Waals surface area contributed by atoms with E-state index in [1.165, 1.54) is 0 Å². The van der Waals surface area contributed by atoms with Gasteiger partial charge in [-0.1, -0.05) is 78.1 Å². The summed E-state index contributed by atoms with van der Waals surface area (Å²) in [6, 6.07) is 15.3. The SMILES string of the molecule is Cc1ccc(C)c(N[C@@H](NC(=O)c2ccccc2)C(Br)(Br)Br)c1. The molecule has 0 aliphatic rings. The number of alkyl halides is 3. The van der Waals surface area contributed by atoms with Crippen LogP contribution in [0.5, 0.6) is 0 Å². The lowest BCUT2D eigenvalue weighted by Crippen LogP contribution is -2.48. The molecule has 0 unspecified atom stereocenters. The molecule has 0 heterocycles. The van der Waals surface area contributed by atoms with E-state index in [-0.39, 0.29) is 5.91 Å². The predicted octanol–water partition coefficient (Wildman–Crippen LogP) is 5.31. The van der Waals surface area contributed by atoms with Crippen LogP contribution in [0.3, 0.4) is 0 Å². The van der Waals surface area contributed by atoms with Crippen LogP contribution in [0.25, 0.3) is 0 Å². The van der Waals surface area contributed by atoms with Crippen molar-refractivity contribution in [3.63, 3.8) is 0 Å². The maximum Gasteiger partial charge on any atom is 0.252 e. The average molecular weight is 505 g/mol. The minimum absolute atomic E-state index is 0.156. The summed E-state index contributed by atoms with van der Waals surface area (Å²) in [6.07, 6.45) is -0.421. The molecule has 6 heteroatoms. The van der Waals surface area contributed by atoms with Crippen LogP contribution in [0.2, 0.25) is 0 Å². The van der Waals surface area contributed by atoms with Crippen molar-refractivity contribution in [2.45, 2.75) is 22.2 Å². The predicted molar refractivity (Wildman–Crippen MR) is 107 cm³/mol. The Morgan fingerprint density at radius 3 is 2.30 bits per heavy atom. The van der Waals surface area contributed by atoms with E-state index in [2.05, 4.69) is 70.6 Å². The number of nitrogens with one attached hydrogen (secondary N) is 2. The number of amides is 1. The largest absolute Gasteiger partial charge is 0.362 e. The average Bonchev–Trinajstić information content (AvgIpc) is 2.50. The summed E-state index contributed by atoms with van der Waals surface area (Å²) in [5, 5.41) is 6.33. The Bertz CT molecular complexity index is 684. The highest BCUT2D eigenvalue weighted by Gasteiger charge is 2.32. The number of rotatable bonds is 4. The van der Waals surface area contributed by atoms with Gasteiger partial charge in [0.05, 0.1) is 0 Å². The first-order valence-electron chi connectivity index (χ1n) is 7.04. The van der Waals surface area contributed by atoms with Crippen LogP contribution >= 0.6 is 47.8 Å². The fraction of sp³-hybridized carbons (Fsp3) is 0.235. The van der Waals surface area contributed by atoms with E-state index in [4.69, 9.17) is 0 Å². The van der Waals surface area contributed by atoms with Gasteiger partial charge in [0.1, 0.15) is 6.17 Å². The minimum atomic E-state index is -0.687. The van der Waals surface area contributed by atoms with Gasteiger partial charge in [-0.2, -0.15) is 0 Å². The molecule has 1 atom stereocenters. The fourth-order valence-electron chi connectivity index (χ4n) is 2.05. The zero-order valence-corrected chi connectivity index (χ0v) is 17.5. The molecule has 0 saturated carbocycles. The minimum Gasteiger partial charge on any atom is -0.362 e. The molecule has 0 bridgehead atoms. The molecule has 1 amide bonds. The van der Waals surface area contributed by atoms with Gasteiger partial charge >= 0.3 is 0 Å². The van der Waals surface area contributed by atoms with Crippen LogP contribution in [0.15, 0.2) is 48.5 Å². The Hall–Kier alpha value is -0.850. The number of hydrogen-bond acceptors (Lipinski definition) is 2. The number of carbonyl (C=O) groups is 1. The van der Waals surface area contributed by atoms with Crippen molar-refractivity contribution in [1.82, 2.24) is 5.32 Å². The molecule has 2 N–H and O–H groups in total. The van der Waals surface area contributed by atoms with E-state index >= 15 is 0 Å². The Kier molecular flexibility index (Phi) is 6.28. The molecular weight excluding hydrogens is 488 g/mol. The maximum absolute atomic E-state index is 12.4. The third-order valence-corrected chi connectivity index (χ3v) is 4.71. The van der Waals surface area contributed by atoms with Gasteiger partial charge in [-0.05, 0) is 43.2 Å². The van der Waals surface area contributed by atoms with Gasteiger partial charge in [-0.15, -0.1) is 0 Å². The summed E-state index contributed by atoms with van der Waals surface area (Å²) in [5.74, 6) is -0.156. The molecule has 2 aromatic carbocycles. The van der Waals surface area contributed by atoms with Gasteiger partial charge in [0.25, 0.3) is 5.91 Å². The molecular formula is C17H17Br3N2O. The van der Waals surface area contributed by atoms with Crippen molar-refractivity contribution in [1.29, 1.82) is 0 Å². The van der Waals surface area contributed by atoms with E-state index < -0.39 is 8.31 Å². The molecule has 2 rings (SSSR count). The van der Waals surface area contributed by atoms with Gasteiger partial charge in [-0.25, -0.2) is 0 Å². The number of benzene rings is 2. The van der Waals surface area contributed by atoms with Crippen LogP contribution in [0.1, 0.15) is 21.5 Å². The number of anilines is 1. The molecule has 2 aromatic rings.